The standard InChI is InChI=1S/C21H36.C2H6/c1-11-15(4)17-13-18(20(5,6)7)16(14(2)3)12-19(17)21(8,9)10;1-2/h12-15H,11H2,1-10H3;1-2H3. The third-order valence-corrected chi connectivity index (χ3v) is 4.60. The van der Waals surface area contributed by atoms with Crippen LogP contribution in [0.15, 0.2) is 12.1 Å². The molecule has 1 atom stereocenters. The van der Waals surface area contributed by atoms with E-state index in [1.165, 1.54) is 23.1 Å². The summed E-state index contributed by atoms with van der Waals surface area (Å²) in [6, 6.07) is 5.02. The second-order valence-electron chi connectivity index (χ2n) is 8.99. The van der Waals surface area contributed by atoms with Gasteiger partial charge in [0.1, 0.15) is 0 Å². The van der Waals surface area contributed by atoms with Crippen molar-refractivity contribution in [2.45, 2.75) is 112 Å². The first kappa shape index (κ1) is 22.2. The number of benzene rings is 1. The Morgan fingerprint density at radius 3 is 1.39 bits per heavy atom. The lowest BCUT2D eigenvalue weighted by molar-refractivity contribution is 0.550. The maximum absolute atomic E-state index is 2.52. The lowest BCUT2D eigenvalue weighted by atomic mass is 9.72. The Balaban J connectivity index is 0.00000232. The van der Waals surface area contributed by atoms with Crippen LogP contribution < -0.4 is 0 Å². The highest BCUT2D eigenvalue weighted by molar-refractivity contribution is 5.47. The van der Waals surface area contributed by atoms with Crippen LogP contribution in [0.2, 0.25) is 0 Å². The van der Waals surface area contributed by atoms with Crippen molar-refractivity contribution in [3.8, 4) is 0 Å². The Morgan fingerprint density at radius 1 is 0.739 bits per heavy atom. The smallest absolute Gasteiger partial charge is 0.0129 e. The molecule has 1 unspecified atom stereocenters. The molecule has 23 heavy (non-hydrogen) atoms. The third-order valence-electron chi connectivity index (χ3n) is 4.60. The molecule has 134 valence electrons. The van der Waals surface area contributed by atoms with Gasteiger partial charge in [0, 0.05) is 0 Å². The molecule has 0 aromatic heterocycles. The molecule has 0 heteroatoms. The van der Waals surface area contributed by atoms with E-state index in [-0.39, 0.29) is 10.8 Å². The highest BCUT2D eigenvalue weighted by Crippen LogP contribution is 2.39. The van der Waals surface area contributed by atoms with Crippen molar-refractivity contribution in [1.29, 1.82) is 0 Å². The van der Waals surface area contributed by atoms with Crippen molar-refractivity contribution in [2.75, 3.05) is 0 Å². The summed E-state index contributed by atoms with van der Waals surface area (Å²) in [6.45, 7) is 27.3. The molecule has 0 N–H and O–H groups in total. The van der Waals surface area contributed by atoms with Gasteiger partial charge < -0.3 is 0 Å². The van der Waals surface area contributed by atoms with Crippen LogP contribution >= 0.6 is 0 Å². The molecule has 1 aromatic carbocycles. The summed E-state index contributed by atoms with van der Waals surface area (Å²) in [5, 5.41) is 0. The van der Waals surface area contributed by atoms with Gasteiger partial charge >= 0.3 is 0 Å². The molecule has 0 saturated carbocycles. The van der Waals surface area contributed by atoms with Gasteiger partial charge in [-0.15, -0.1) is 0 Å². The van der Waals surface area contributed by atoms with Crippen molar-refractivity contribution >= 4 is 0 Å². The summed E-state index contributed by atoms with van der Waals surface area (Å²) >= 11 is 0. The minimum atomic E-state index is 0.207. The molecule has 0 radical (unpaired) electrons. The Bertz CT molecular complexity index is 478. The third kappa shape index (κ3) is 5.66. The Hall–Kier alpha value is -0.780. The predicted octanol–water partition coefficient (Wildman–Crippen LogP) is 7.94. The summed E-state index contributed by atoms with van der Waals surface area (Å²) in [4.78, 5) is 0. The highest BCUT2D eigenvalue weighted by Gasteiger charge is 2.27. The van der Waals surface area contributed by atoms with E-state index in [9.17, 15) is 0 Å². The maximum atomic E-state index is 2.52. The molecule has 1 rings (SSSR count). The van der Waals surface area contributed by atoms with Gasteiger partial charge in [0.15, 0.2) is 0 Å². The zero-order chi connectivity index (χ0) is 18.6. The number of hydrogen-bond acceptors (Lipinski definition) is 0. The quantitative estimate of drug-likeness (QED) is 0.530. The molecule has 0 aliphatic rings. The second-order valence-corrected chi connectivity index (χ2v) is 8.99. The minimum Gasteiger partial charge on any atom is -0.0683 e. The van der Waals surface area contributed by atoms with Gasteiger partial charge in [-0.05, 0) is 51.3 Å². The minimum absolute atomic E-state index is 0.207. The Labute approximate surface area is 147 Å². The highest BCUT2D eigenvalue weighted by atomic mass is 14.3. The normalized spacial score (nSPS) is 13.6. The monoisotopic (exact) mass is 318 g/mol. The van der Waals surface area contributed by atoms with Crippen LogP contribution in [0.5, 0.6) is 0 Å². The molecule has 0 aliphatic carbocycles. The first-order valence-electron chi connectivity index (χ1n) is 9.58. The lowest BCUT2D eigenvalue weighted by Gasteiger charge is -2.32. The largest absolute Gasteiger partial charge is 0.0683 e. The average Bonchev–Trinajstić information content (AvgIpc) is 2.45. The molecule has 0 heterocycles. The summed E-state index contributed by atoms with van der Waals surface area (Å²) in [5.41, 5.74) is 6.56. The molecule has 0 amide bonds. The fraction of sp³-hybridized carbons (Fsp3) is 0.739. The number of hydrogen-bond donors (Lipinski definition) is 0. The van der Waals surface area contributed by atoms with Crippen LogP contribution in [0.3, 0.4) is 0 Å². The van der Waals surface area contributed by atoms with E-state index < -0.39 is 0 Å². The van der Waals surface area contributed by atoms with Crippen LogP contribution in [-0.4, -0.2) is 0 Å². The molecular weight excluding hydrogens is 276 g/mol. The van der Waals surface area contributed by atoms with E-state index in [0.717, 1.165) is 0 Å². The summed E-state index contributed by atoms with van der Waals surface area (Å²) < 4.78 is 0. The molecule has 0 nitrogen and oxygen atoms in total. The van der Waals surface area contributed by atoms with Crippen LogP contribution in [0.25, 0.3) is 0 Å². The summed E-state index contributed by atoms with van der Waals surface area (Å²) in [7, 11) is 0. The van der Waals surface area contributed by atoms with Gasteiger partial charge in [0.05, 0.1) is 0 Å². The van der Waals surface area contributed by atoms with E-state index in [1.54, 1.807) is 5.56 Å². The van der Waals surface area contributed by atoms with Gasteiger partial charge in [-0.2, -0.15) is 0 Å². The van der Waals surface area contributed by atoms with E-state index in [1.807, 2.05) is 13.8 Å². The van der Waals surface area contributed by atoms with E-state index in [2.05, 4.69) is 81.4 Å². The summed E-state index contributed by atoms with van der Waals surface area (Å²) in [6.07, 6.45) is 1.20. The predicted molar refractivity (Wildman–Crippen MR) is 108 cm³/mol. The van der Waals surface area contributed by atoms with Crippen molar-refractivity contribution < 1.29 is 0 Å². The molecule has 1 aromatic rings. The van der Waals surface area contributed by atoms with Crippen molar-refractivity contribution in [1.82, 2.24) is 0 Å². The van der Waals surface area contributed by atoms with Gasteiger partial charge in [-0.25, -0.2) is 0 Å². The zero-order valence-electron chi connectivity index (χ0n) is 18.0. The Morgan fingerprint density at radius 2 is 1.09 bits per heavy atom. The summed E-state index contributed by atoms with van der Waals surface area (Å²) in [5.74, 6) is 1.20. The SMILES string of the molecule is CC.CCC(C)c1cc(C(C)(C)C)c(C(C)C)cc1C(C)(C)C. The fourth-order valence-electron chi connectivity index (χ4n) is 3.04. The van der Waals surface area contributed by atoms with Gasteiger partial charge in [0.2, 0.25) is 0 Å². The van der Waals surface area contributed by atoms with E-state index >= 15 is 0 Å². The molecule has 0 fully saturated rings. The van der Waals surface area contributed by atoms with Crippen LogP contribution in [0.4, 0.5) is 0 Å². The zero-order valence-corrected chi connectivity index (χ0v) is 18.0. The molecule has 0 aliphatic heterocycles. The van der Waals surface area contributed by atoms with Crippen molar-refractivity contribution in [2.24, 2.45) is 0 Å². The molecule has 0 bridgehead atoms. The molecule has 0 spiro atoms. The molecule has 0 saturated heterocycles. The number of rotatable bonds is 3. The lowest BCUT2D eigenvalue weighted by Crippen LogP contribution is -2.21. The van der Waals surface area contributed by atoms with Crippen LogP contribution in [0, 0.1) is 0 Å². The topological polar surface area (TPSA) is 0 Å². The maximum Gasteiger partial charge on any atom is -0.0129 e. The van der Waals surface area contributed by atoms with Crippen LogP contribution in [-0.2, 0) is 10.8 Å². The van der Waals surface area contributed by atoms with E-state index in [4.69, 9.17) is 0 Å². The molecular formula is C23H42. The second kappa shape index (κ2) is 8.36. The first-order chi connectivity index (χ1) is 10.4. The van der Waals surface area contributed by atoms with Crippen molar-refractivity contribution in [3.63, 3.8) is 0 Å². The van der Waals surface area contributed by atoms with Crippen LogP contribution in [0.1, 0.15) is 124 Å². The fourth-order valence-corrected chi connectivity index (χ4v) is 3.04. The van der Waals surface area contributed by atoms with Crippen molar-refractivity contribution in [3.05, 3.63) is 34.4 Å². The average molecular weight is 319 g/mol. The van der Waals surface area contributed by atoms with Gasteiger partial charge in [-0.3, -0.25) is 0 Å². The first-order valence-corrected chi connectivity index (χ1v) is 9.58. The van der Waals surface area contributed by atoms with Gasteiger partial charge in [-0.1, -0.05) is 95.2 Å². The van der Waals surface area contributed by atoms with Gasteiger partial charge in [0.25, 0.3) is 0 Å². The Kier molecular flexibility index (Phi) is 8.07. The van der Waals surface area contributed by atoms with E-state index in [0.29, 0.717) is 11.8 Å².